The molecule has 1 heterocycles. The highest BCUT2D eigenvalue weighted by Gasteiger charge is 2.03. The van der Waals surface area contributed by atoms with E-state index in [9.17, 15) is 0 Å². The highest BCUT2D eigenvalue weighted by atomic mass is 79.9. The average molecular weight is 337 g/mol. The first kappa shape index (κ1) is 14.6. The first-order chi connectivity index (χ1) is 9.29. The van der Waals surface area contributed by atoms with Crippen LogP contribution in [0.4, 0.5) is 0 Å². The topological polar surface area (TPSA) is 24.9 Å². The van der Waals surface area contributed by atoms with E-state index in [1.54, 1.807) is 11.8 Å². The number of aromatic nitrogens is 1. The Morgan fingerprint density at radius 3 is 2.63 bits per heavy atom. The summed E-state index contributed by atoms with van der Waals surface area (Å²) in [6, 6.07) is 10.6. The molecular formula is C15H17BrN2S. The highest BCUT2D eigenvalue weighted by molar-refractivity contribution is 9.10. The van der Waals surface area contributed by atoms with E-state index in [0.29, 0.717) is 0 Å². The molecule has 19 heavy (non-hydrogen) atoms. The summed E-state index contributed by atoms with van der Waals surface area (Å²) in [6.45, 7) is 4.14. The van der Waals surface area contributed by atoms with Gasteiger partial charge >= 0.3 is 0 Å². The van der Waals surface area contributed by atoms with Gasteiger partial charge in [0.1, 0.15) is 0 Å². The minimum atomic E-state index is 0.911. The Morgan fingerprint density at radius 1 is 1.16 bits per heavy atom. The van der Waals surface area contributed by atoms with Crippen LogP contribution in [-0.4, -0.2) is 11.5 Å². The fraction of sp³-hybridized carbons (Fsp3) is 0.267. The third-order valence-corrected chi connectivity index (χ3v) is 4.39. The molecule has 1 aromatic heterocycles. The monoisotopic (exact) mass is 336 g/mol. The molecule has 4 heteroatoms. The molecule has 2 rings (SSSR count). The molecule has 0 unspecified atom stereocenters. The molecule has 0 aliphatic rings. The fourth-order valence-corrected chi connectivity index (χ4v) is 3.19. The van der Waals surface area contributed by atoms with Gasteiger partial charge in [0.15, 0.2) is 0 Å². The van der Waals surface area contributed by atoms with Crippen LogP contribution in [0.5, 0.6) is 0 Å². The Hall–Kier alpha value is -0.840. The first-order valence-corrected chi connectivity index (χ1v) is 7.97. The Labute approximate surface area is 127 Å². The lowest BCUT2D eigenvalue weighted by Crippen LogP contribution is -2.14. The van der Waals surface area contributed by atoms with E-state index in [1.165, 1.54) is 15.4 Å². The quantitative estimate of drug-likeness (QED) is 0.786. The minimum absolute atomic E-state index is 0.911. The largest absolute Gasteiger partial charge is 0.313 e. The van der Waals surface area contributed by atoms with Gasteiger partial charge in [-0.3, -0.25) is 4.98 Å². The number of rotatable bonds is 6. The van der Waals surface area contributed by atoms with Crippen molar-refractivity contribution in [3.05, 3.63) is 52.8 Å². The van der Waals surface area contributed by atoms with Crippen molar-refractivity contribution in [2.75, 3.05) is 6.54 Å². The van der Waals surface area contributed by atoms with Gasteiger partial charge in [0, 0.05) is 33.2 Å². The average Bonchev–Trinajstić information content (AvgIpc) is 2.43. The molecule has 0 radical (unpaired) electrons. The second-order valence-corrected chi connectivity index (χ2v) is 6.22. The van der Waals surface area contributed by atoms with Gasteiger partial charge in [-0.1, -0.05) is 40.7 Å². The number of hydrogen-bond donors (Lipinski definition) is 1. The van der Waals surface area contributed by atoms with Crippen LogP contribution in [0, 0.1) is 0 Å². The molecule has 0 fully saturated rings. The van der Waals surface area contributed by atoms with Gasteiger partial charge < -0.3 is 5.32 Å². The third-order valence-electron chi connectivity index (χ3n) is 2.65. The van der Waals surface area contributed by atoms with Crippen molar-refractivity contribution in [1.82, 2.24) is 10.3 Å². The maximum atomic E-state index is 4.03. The number of halogens is 1. The fourth-order valence-electron chi connectivity index (χ4n) is 1.68. The molecule has 1 N–H and O–H groups in total. The minimum Gasteiger partial charge on any atom is -0.313 e. The number of nitrogens with zero attached hydrogens (tertiary/aromatic N) is 1. The van der Waals surface area contributed by atoms with Crippen molar-refractivity contribution in [3.8, 4) is 0 Å². The summed E-state index contributed by atoms with van der Waals surface area (Å²) in [5.74, 6) is 0. The smallest absolute Gasteiger partial charge is 0.0279 e. The molecular weight excluding hydrogens is 320 g/mol. The molecule has 2 aromatic rings. The Kier molecular flexibility index (Phi) is 5.89. The van der Waals surface area contributed by atoms with Gasteiger partial charge in [0.25, 0.3) is 0 Å². The summed E-state index contributed by atoms with van der Waals surface area (Å²) in [5.41, 5.74) is 1.30. The van der Waals surface area contributed by atoms with Crippen molar-refractivity contribution in [3.63, 3.8) is 0 Å². The summed E-state index contributed by atoms with van der Waals surface area (Å²) >= 11 is 5.40. The summed E-state index contributed by atoms with van der Waals surface area (Å²) < 4.78 is 1.16. The Balaban J connectivity index is 2.02. The molecule has 0 spiro atoms. The van der Waals surface area contributed by atoms with Gasteiger partial charge in [-0.05, 0) is 42.8 Å². The van der Waals surface area contributed by atoms with Crippen LogP contribution < -0.4 is 5.32 Å². The number of pyridine rings is 1. The van der Waals surface area contributed by atoms with Crippen molar-refractivity contribution in [1.29, 1.82) is 0 Å². The van der Waals surface area contributed by atoms with Crippen LogP contribution in [0.1, 0.15) is 18.9 Å². The van der Waals surface area contributed by atoms with Gasteiger partial charge in [-0.15, -0.1) is 0 Å². The van der Waals surface area contributed by atoms with Crippen LogP contribution in [0.25, 0.3) is 0 Å². The van der Waals surface area contributed by atoms with E-state index in [0.717, 1.165) is 24.0 Å². The van der Waals surface area contributed by atoms with Crippen molar-refractivity contribution in [2.24, 2.45) is 0 Å². The first-order valence-electron chi connectivity index (χ1n) is 6.36. The predicted octanol–water partition coefficient (Wildman–Crippen LogP) is 4.49. The second kappa shape index (κ2) is 7.68. The predicted molar refractivity (Wildman–Crippen MR) is 84.5 cm³/mol. The molecule has 0 atom stereocenters. The molecule has 0 aliphatic heterocycles. The summed E-state index contributed by atoms with van der Waals surface area (Å²) in [7, 11) is 0. The summed E-state index contributed by atoms with van der Waals surface area (Å²) in [6.07, 6.45) is 4.80. The molecule has 0 aliphatic carbocycles. The lowest BCUT2D eigenvalue weighted by molar-refractivity contribution is 0.673. The van der Waals surface area contributed by atoms with Gasteiger partial charge in [-0.25, -0.2) is 0 Å². The van der Waals surface area contributed by atoms with Crippen LogP contribution in [0.3, 0.4) is 0 Å². The molecule has 1 aromatic carbocycles. The van der Waals surface area contributed by atoms with Crippen LogP contribution in [-0.2, 0) is 6.54 Å². The molecule has 0 saturated heterocycles. The molecule has 100 valence electrons. The van der Waals surface area contributed by atoms with Crippen molar-refractivity contribution >= 4 is 27.7 Å². The van der Waals surface area contributed by atoms with E-state index < -0.39 is 0 Å². The standard InChI is InChI=1S/C15H17BrN2S/c1-2-7-18-11-12-3-4-14(10-15(12)16)19-13-5-8-17-9-6-13/h3-6,8-10,18H,2,7,11H2,1H3. The normalized spacial score (nSPS) is 10.6. The molecule has 2 nitrogen and oxygen atoms in total. The number of hydrogen-bond acceptors (Lipinski definition) is 3. The van der Waals surface area contributed by atoms with Crippen molar-refractivity contribution < 1.29 is 0 Å². The van der Waals surface area contributed by atoms with E-state index in [2.05, 4.69) is 51.4 Å². The van der Waals surface area contributed by atoms with Gasteiger partial charge in [0.2, 0.25) is 0 Å². The summed E-state index contributed by atoms with van der Waals surface area (Å²) in [4.78, 5) is 6.47. The molecule has 0 amide bonds. The summed E-state index contributed by atoms with van der Waals surface area (Å²) in [5, 5.41) is 3.42. The van der Waals surface area contributed by atoms with E-state index in [-0.39, 0.29) is 0 Å². The van der Waals surface area contributed by atoms with Crippen LogP contribution >= 0.6 is 27.7 Å². The third kappa shape index (κ3) is 4.64. The van der Waals surface area contributed by atoms with Gasteiger partial charge in [-0.2, -0.15) is 0 Å². The zero-order valence-electron chi connectivity index (χ0n) is 10.9. The second-order valence-electron chi connectivity index (χ2n) is 4.21. The molecule has 0 bridgehead atoms. The van der Waals surface area contributed by atoms with Crippen LogP contribution in [0.2, 0.25) is 0 Å². The lowest BCUT2D eigenvalue weighted by atomic mass is 10.2. The van der Waals surface area contributed by atoms with Crippen LogP contribution in [0.15, 0.2) is 57.0 Å². The lowest BCUT2D eigenvalue weighted by Gasteiger charge is -2.08. The maximum absolute atomic E-state index is 4.03. The Bertz CT molecular complexity index is 517. The van der Waals surface area contributed by atoms with Crippen molar-refractivity contribution in [2.45, 2.75) is 29.7 Å². The van der Waals surface area contributed by atoms with E-state index >= 15 is 0 Å². The van der Waals surface area contributed by atoms with E-state index in [4.69, 9.17) is 0 Å². The zero-order valence-corrected chi connectivity index (χ0v) is 13.3. The van der Waals surface area contributed by atoms with E-state index in [1.807, 2.05) is 24.5 Å². The van der Waals surface area contributed by atoms with Gasteiger partial charge in [0.05, 0.1) is 0 Å². The number of nitrogens with one attached hydrogen (secondary N) is 1. The zero-order chi connectivity index (χ0) is 13.5. The highest BCUT2D eigenvalue weighted by Crippen LogP contribution is 2.30. The maximum Gasteiger partial charge on any atom is 0.0279 e. The molecule has 0 saturated carbocycles. The SMILES string of the molecule is CCCNCc1ccc(Sc2ccncc2)cc1Br. The number of benzene rings is 1. The Morgan fingerprint density at radius 2 is 1.95 bits per heavy atom.